The highest BCUT2D eigenvalue weighted by molar-refractivity contribution is 6.19. The van der Waals surface area contributed by atoms with E-state index in [0.29, 0.717) is 49.1 Å². The smallest absolute Gasteiger partial charge is 0.415 e. The number of ether oxygens (including phenoxy) is 2. The number of hydrogen-bond donors (Lipinski definition) is 0. The summed E-state index contributed by atoms with van der Waals surface area (Å²) in [5.41, 5.74) is 2.27. The largest absolute Gasteiger partial charge is 0.494 e. The lowest BCUT2D eigenvalue weighted by Crippen LogP contribution is -2.48. The van der Waals surface area contributed by atoms with Crippen LogP contribution in [0.4, 0.5) is 10.5 Å². The van der Waals surface area contributed by atoms with E-state index in [1.54, 1.807) is 21.9 Å². The Hall–Kier alpha value is -3.75. The van der Waals surface area contributed by atoms with Crippen LogP contribution in [0.3, 0.4) is 0 Å². The van der Waals surface area contributed by atoms with Crippen molar-refractivity contribution in [1.29, 1.82) is 0 Å². The second-order valence-corrected chi connectivity index (χ2v) is 10.7. The average Bonchev–Trinajstić information content (AvgIpc) is 3.57. The summed E-state index contributed by atoms with van der Waals surface area (Å²) in [6.07, 6.45) is 0.520. The number of piperazine rings is 1. The first-order valence-corrected chi connectivity index (χ1v) is 14.3. The first kappa shape index (κ1) is 26.5. The fraction of sp³-hybridized carbons (Fsp3) is 0.355. The van der Waals surface area contributed by atoms with Gasteiger partial charge < -0.3 is 28.6 Å². The average molecular weight is 562 g/mol. The molecule has 0 bridgehead atoms. The summed E-state index contributed by atoms with van der Waals surface area (Å²) in [7, 11) is 2.04. The molecule has 0 aliphatic carbocycles. The second kappa shape index (κ2) is 11.0. The lowest BCUT2D eigenvalue weighted by atomic mass is 9.95. The Balaban J connectivity index is 1.36. The molecule has 2 aliphatic rings. The van der Waals surface area contributed by atoms with Gasteiger partial charge in [0.15, 0.2) is 5.76 Å². The fourth-order valence-corrected chi connectivity index (χ4v) is 5.78. The summed E-state index contributed by atoms with van der Waals surface area (Å²) in [4.78, 5) is 32.6. The minimum absolute atomic E-state index is 0.0775. The van der Waals surface area contributed by atoms with E-state index in [4.69, 9.17) is 25.5 Å². The van der Waals surface area contributed by atoms with Crippen LogP contribution in [0.15, 0.2) is 59.0 Å². The highest BCUT2D eigenvalue weighted by Crippen LogP contribution is 2.46. The molecule has 0 saturated carbocycles. The number of rotatable bonds is 6. The number of benzene rings is 3. The van der Waals surface area contributed by atoms with E-state index in [9.17, 15) is 9.59 Å². The molecule has 0 radical (unpaired) electrons. The normalized spacial score (nSPS) is 17.4. The summed E-state index contributed by atoms with van der Waals surface area (Å²) < 4.78 is 17.7. The maximum absolute atomic E-state index is 13.9. The molecule has 1 saturated heterocycles. The molecule has 8 nitrogen and oxygen atoms in total. The molecule has 208 valence electrons. The second-order valence-electron chi connectivity index (χ2n) is 10.4. The van der Waals surface area contributed by atoms with E-state index < -0.39 is 0 Å². The Kier molecular flexibility index (Phi) is 7.29. The maximum atomic E-state index is 13.9. The van der Waals surface area contributed by atoms with Crippen LogP contribution in [0.25, 0.3) is 21.7 Å². The van der Waals surface area contributed by atoms with Gasteiger partial charge in [0.1, 0.15) is 17.1 Å². The van der Waals surface area contributed by atoms with Gasteiger partial charge in [0, 0.05) is 61.4 Å². The fourth-order valence-electron chi connectivity index (χ4n) is 5.53. The molecule has 1 aromatic heterocycles. The molecular formula is C31H32ClN3O5. The van der Waals surface area contributed by atoms with Gasteiger partial charge in [0.2, 0.25) is 0 Å². The van der Waals surface area contributed by atoms with Crippen molar-refractivity contribution < 1.29 is 23.5 Å². The highest BCUT2D eigenvalue weighted by Gasteiger charge is 2.36. The van der Waals surface area contributed by atoms with Crippen molar-refractivity contribution in [1.82, 2.24) is 9.80 Å². The molecule has 2 aliphatic heterocycles. The van der Waals surface area contributed by atoms with Gasteiger partial charge >= 0.3 is 6.09 Å². The van der Waals surface area contributed by atoms with Gasteiger partial charge in [0.25, 0.3) is 5.91 Å². The van der Waals surface area contributed by atoms with Crippen molar-refractivity contribution in [2.24, 2.45) is 0 Å². The topological polar surface area (TPSA) is 75.5 Å². The number of alkyl halides is 1. The highest BCUT2D eigenvalue weighted by atomic mass is 35.5. The summed E-state index contributed by atoms with van der Waals surface area (Å²) in [5.74, 6) is 1.39. The van der Waals surface area contributed by atoms with Crippen LogP contribution in [-0.4, -0.2) is 74.1 Å². The van der Waals surface area contributed by atoms with Gasteiger partial charge in [-0.05, 0) is 48.7 Å². The Morgan fingerprint density at radius 2 is 1.80 bits per heavy atom. The van der Waals surface area contributed by atoms with E-state index in [1.165, 1.54) is 0 Å². The van der Waals surface area contributed by atoms with E-state index in [0.717, 1.165) is 47.0 Å². The number of halogens is 1. The number of amides is 2. The van der Waals surface area contributed by atoms with Crippen molar-refractivity contribution in [3.63, 3.8) is 0 Å². The Labute approximate surface area is 238 Å². The first-order chi connectivity index (χ1) is 19.5. The molecule has 0 N–H and O–H groups in total. The molecule has 1 atom stereocenters. The third kappa shape index (κ3) is 4.86. The molecule has 0 spiro atoms. The molecule has 4 aromatic rings. The number of likely N-dealkylation sites (N-methyl/N-ethyl adjacent to an activating group) is 1. The minimum atomic E-state index is -0.388. The number of carbonyl (C=O) groups excluding carboxylic acids is 2. The SMILES string of the molecule is CCCOc1ccc2oc(C(=O)N3C[C@@H](CCl)c4c3cc(OC(=O)N3CCN(C)CC3)c3ccccc43)cc2c1. The van der Waals surface area contributed by atoms with E-state index >= 15 is 0 Å². The van der Waals surface area contributed by atoms with Crippen LogP contribution in [0.5, 0.6) is 11.5 Å². The van der Waals surface area contributed by atoms with Crippen LogP contribution in [-0.2, 0) is 0 Å². The van der Waals surface area contributed by atoms with Crippen molar-refractivity contribution in [3.8, 4) is 11.5 Å². The van der Waals surface area contributed by atoms with Crippen molar-refractivity contribution in [2.75, 3.05) is 57.2 Å². The molecule has 3 aromatic carbocycles. The zero-order chi connectivity index (χ0) is 27.8. The molecule has 1 fully saturated rings. The first-order valence-electron chi connectivity index (χ1n) is 13.7. The monoisotopic (exact) mass is 561 g/mol. The minimum Gasteiger partial charge on any atom is -0.494 e. The summed E-state index contributed by atoms with van der Waals surface area (Å²) >= 11 is 6.44. The third-order valence-electron chi connectivity index (χ3n) is 7.69. The summed E-state index contributed by atoms with van der Waals surface area (Å²) in [6, 6.07) is 16.9. The molecule has 3 heterocycles. The third-order valence-corrected chi connectivity index (χ3v) is 8.06. The van der Waals surface area contributed by atoms with Crippen molar-refractivity contribution >= 4 is 51.0 Å². The lowest BCUT2D eigenvalue weighted by molar-refractivity contribution is 0.0964. The van der Waals surface area contributed by atoms with Crippen LogP contribution in [0.1, 0.15) is 35.4 Å². The number of fused-ring (bicyclic) bond motifs is 4. The van der Waals surface area contributed by atoms with Crippen LogP contribution < -0.4 is 14.4 Å². The van der Waals surface area contributed by atoms with Gasteiger partial charge in [0.05, 0.1) is 12.3 Å². The molecular weight excluding hydrogens is 530 g/mol. The standard InChI is InChI=1S/C31H32ClN3O5/c1-3-14-38-22-8-9-26-20(15-22)16-28(39-26)30(36)35-19-21(18-32)29-24-7-5-4-6-23(24)27(17-25(29)35)40-31(37)34-12-10-33(2)11-13-34/h4-9,15-17,21H,3,10-14,18-19H2,1-2H3/t21-/m1/s1. The van der Waals surface area contributed by atoms with Crippen LogP contribution in [0.2, 0.25) is 0 Å². The molecule has 2 amide bonds. The molecule has 40 heavy (non-hydrogen) atoms. The van der Waals surface area contributed by atoms with Gasteiger partial charge in [-0.25, -0.2) is 4.79 Å². The van der Waals surface area contributed by atoms with Crippen LogP contribution >= 0.6 is 11.6 Å². The summed E-state index contributed by atoms with van der Waals surface area (Å²) in [6.45, 7) is 5.88. The number of anilines is 1. The van der Waals surface area contributed by atoms with Crippen molar-refractivity contribution in [2.45, 2.75) is 19.3 Å². The Morgan fingerprint density at radius 3 is 2.55 bits per heavy atom. The number of carbonyl (C=O) groups is 2. The van der Waals surface area contributed by atoms with Gasteiger partial charge in [-0.3, -0.25) is 4.79 Å². The van der Waals surface area contributed by atoms with Gasteiger partial charge in [-0.15, -0.1) is 11.6 Å². The molecule has 9 heteroatoms. The van der Waals surface area contributed by atoms with Crippen LogP contribution in [0, 0.1) is 0 Å². The lowest BCUT2D eigenvalue weighted by Gasteiger charge is -2.31. The Morgan fingerprint density at radius 1 is 1.02 bits per heavy atom. The maximum Gasteiger partial charge on any atom is 0.415 e. The predicted octanol–water partition coefficient (Wildman–Crippen LogP) is 6.10. The summed E-state index contributed by atoms with van der Waals surface area (Å²) in [5, 5.41) is 2.53. The predicted molar refractivity (Wildman–Crippen MR) is 156 cm³/mol. The van der Waals surface area contributed by atoms with Crippen molar-refractivity contribution in [3.05, 3.63) is 65.9 Å². The molecule has 6 rings (SSSR count). The van der Waals surface area contributed by atoms with Gasteiger partial charge in [-0.1, -0.05) is 31.2 Å². The molecule has 0 unspecified atom stereocenters. The zero-order valence-electron chi connectivity index (χ0n) is 22.7. The Bertz CT molecular complexity index is 1580. The van der Waals surface area contributed by atoms with Gasteiger partial charge in [-0.2, -0.15) is 0 Å². The number of hydrogen-bond acceptors (Lipinski definition) is 6. The zero-order valence-corrected chi connectivity index (χ0v) is 23.4. The number of furan rings is 1. The van der Waals surface area contributed by atoms with E-state index in [2.05, 4.69) is 11.8 Å². The van der Waals surface area contributed by atoms with E-state index in [1.807, 2.05) is 49.5 Å². The quantitative estimate of drug-likeness (QED) is 0.265. The van der Waals surface area contributed by atoms with E-state index in [-0.39, 0.29) is 23.7 Å². The number of nitrogens with zero attached hydrogens (tertiary/aromatic N) is 3.